The van der Waals surface area contributed by atoms with Crippen LogP contribution in [0.3, 0.4) is 0 Å². The highest BCUT2D eigenvalue weighted by Crippen LogP contribution is 2.26. The van der Waals surface area contributed by atoms with E-state index in [1.165, 1.54) is 13.5 Å². The fourth-order valence-electron chi connectivity index (χ4n) is 2.64. The lowest BCUT2D eigenvalue weighted by Crippen LogP contribution is -2.48. The maximum absolute atomic E-state index is 12.1. The van der Waals surface area contributed by atoms with Gasteiger partial charge in [-0.15, -0.1) is 0 Å². The predicted octanol–water partition coefficient (Wildman–Crippen LogP) is 2.62. The van der Waals surface area contributed by atoms with E-state index in [0.717, 1.165) is 25.7 Å². The Bertz CT molecular complexity index is 541. The molecule has 0 radical (unpaired) electrons. The zero-order valence-corrected chi connectivity index (χ0v) is 13.6. The van der Waals surface area contributed by atoms with Crippen LogP contribution in [-0.4, -0.2) is 31.2 Å². The molecule has 1 aromatic rings. The number of imide groups is 1. The van der Waals surface area contributed by atoms with E-state index in [2.05, 4.69) is 10.6 Å². The standard InChI is InChI=1S/C17H24N2O4/c1-12(23-15-11-7-6-10-14(15)22-2)16(20)19-17(21)18-13-8-4-3-5-9-13/h6-7,10-13H,3-5,8-9H2,1-2H3,(H2,18,19,20,21)/t12-/m1/s1. The smallest absolute Gasteiger partial charge is 0.321 e. The Labute approximate surface area is 136 Å². The highest BCUT2D eigenvalue weighted by atomic mass is 16.5. The number of benzene rings is 1. The largest absolute Gasteiger partial charge is 0.493 e. The predicted molar refractivity (Wildman–Crippen MR) is 86.6 cm³/mol. The zero-order chi connectivity index (χ0) is 16.7. The zero-order valence-electron chi connectivity index (χ0n) is 13.6. The summed E-state index contributed by atoms with van der Waals surface area (Å²) in [5.74, 6) is 0.522. The molecular weight excluding hydrogens is 296 g/mol. The molecule has 0 aromatic heterocycles. The van der Waals surface area contributed by atoms with E-state index in [0.29, 0.717) is 11.5 Å². The van der Waals surface area contributed by atoms with Crippen molar-refractivity contribution < 1.29 is 19.1 Å². The van der Waals surface area contributed by atoms with Crippen LogP contribution in [0, 0.1) is 0 Å². The summed E-state index contributed by atoms with van der Waals surface area (Å²) in [6.07, 6.45) is 4.58. The number of carbonyl (C=O) groups is 2. The second-order valence-electron chi connectivity index (χ2n) is 5.71. The number of hydrogen-bond acceptors (Lipinski definition) is 4. The van der Waals surface area contributed by atoms with Crippen molar-refractivity contribution in [3.63, 3.8) is 0 Å². The van der Waals surface area contributed by atoms with Gasteiger partial charge < -0.3 is 14.8 Å². The Balaban J connectivity index is 1.83. The van der Waals surface area contributed by atoms with E-state index in [1.54, 1.807) is 25.1 Å². The molecule has 1 aromatic carbocycles. The minimum Gasteiger partial charge on any atom is -0.493 e. The molecule has 1 atom stereocenters. The summed E-state index contributed by atoms with van der Waals surface area (Å²) >= 11 is 0. The van der Waals surface area contributed by atoms with Gasteiger partial charge in [0.25, 0.3) is 5.91 Å². The van der Waals surface area contributed by atoms with E-state index in [4.69, 9.17) is 9.47 Å². The minimum absolute atomic E-state index is 0.155. The summed E-state index contributed by atoms with van der Waals surface area (Å²) < 4.78 is 10.7. The Morgan fingerprint density at radius 3 is 2.43 bits per heavy atom. The summed E-state index contributed by atoms with van der Waals surface area (Å²) in [4.78, 5) is 23.9. The first-order valence-electron chi connectivity index (χ1n) is 8.01. The van der Waals surface area contributed by atoms with Crippen LogP contribution in [0.1, 0.15) is 39.0 Å². The molecule has 126 valence electrons. The summed E-state index contributed by atoms with van der Waals surface area (Å²) in [5, 5.41) is 5.17. The van der Waals surface area contributed by atoms with Gasteiger partial charge in [-0.25, -0.2) is 4.79 Å². The molecule has 23 heavy (non-hydrogen) atoms. The average molecular weight is 320 g/mol. The number of para-hydroxylation sites is 2. The molecule has 0 aliphatic heterocycles. The molecule has 1 saturated carbocycles. The molecule has 2 rings (SSSR count). The molecule has 0 heterocycles. The van der Waals surface area contributed by atoms with Gasteiger partial charge >= 0.3 is 6.03 Å². The topological polar surface area (TPSA) is 76.7 Å². The third-order valence-electron chi connectivity index (χ3n) is 3.92. The molecule has 0 spiro atoms. The second-order valence-corrected chi connectivity index (χ2v) is 5.71. The van der Waals surface area contributed by atoms with Crippen molar-refractivity contribution in [1.82, 2.24) is 10.6 Å². The van der Waals surface area contributed by atoms with Crippen LogP contribution in [0.2, 0.25) is 0 Å². The summed E-state index contributed by atoms with van der Waals surface area (Å²) in [5.41, 5.74) is 0. The van der Waals surface area contributed by atoms with Crippen LogP contribution in [0.15, 0.2) is 24.3 Å². The van der Waals surface area contributed by atoms with Crippen molar-refractivity contribution in [1.29, 1.82) is 0 Å². The molecular formula is C17H24N2O4. The number of nitrogens with one attached hydrogen (secondary N) is 2. The van der Waals surface area contributed by atoms with Gasteiger partial charge in [0.15, 0.2) is 17.6 Å². The maximum Gasteiger partial charge on any atom is 0.321 e. The molecule has 0 saturated heterocycles. The molecule has 3 amide bonds. The Morgan fingerprint density at radius 1 is 1.13 bits per heavy atom. The lowest BCUT2D eigenvalue weighted by molar-refractivity contribution is -0.126. The van der Waals surface area contributed by atoms with Crippen molar-refractivity contribution in [3.05, 3.63) is 24.3 Å². The van der Waals surface area contributed by atoms with Crippen molar-refractivity contribution >= 4 is 11.9 Å². The van der Waals surface area contributed by atoms with Gasteiger partial charge in [-0.2, -0.15) is 0 Å². The van der Waals surface area contributed by atoms with Gasteiger partial charge in [0.1, 0.15) is 0 Å². The lowest BCUT2D eigenvalue weighted by Gasteiger charge is -2.23. The Kier molecular flexibility index (Phi) is 6.26. The SMILES string of the molecule is COc1ccccc1O[C@H](C)C(=O)NC(=O)NC1CCCCC1. The number of hydrogen-bond donors (Lipinski definition) is 2. The number of urea groups is 1. The van der Waals surface area contributed by atoms with Crippen LogP contribution in [0.5, 0.6) is 11.5 Å². The van der Waals surface area contributed by atoms with Crippen molar-refractivity contribution in [2.75, 3.05) is 7.11 Å². The number of carbonyl (C=O) groups excluding carboxylic acids is 2. The van der Waals surface area contributed by atoms with Gasteiger partial charge in [0.05, 0.1) is 7.11 Å². The van der Waals surface area contributed by atoms with Crippen molar-refractivity contribution in [2.24, 2.45) is 0 Å². The summed E-state index contributed by atoms with van der Waals surface area (Å²) in [6.45, 7) is 1.59. The van der Waals surface area contributed by atoms with Gasteiger partial charge in [0, 0.05) is 6.04 Å². The highest BCUT2D eigenvalue weighted by molar-refractivity contribution is 5.96. The van der Waals surface area contributed by atoms with Crippen LogP contribution >= 0.6 is 0 Å². The van der Waals surface area contributed by atoms with Crippen LogP contribution in [0.25, 0.3) is 0 Å². The lowest BCUT2D eigenvalue weighted by atomic mass is 9.96. The minimum atomic E-state index is -0.802. The fraction of sp³-hybridized carbons (Fsp3) is 0.529. The van der Waals surface area contributed by atoms with Crippen LogP contribution in [-0.2, 0) is 4.79 Å². The highest BCUT2D eigenvalue weighted by Gasteiger charge is 2.21. The van der Waals surface area contributed by atoms with Gasteiger partial charge in [-0.05, 0) is 31.9 Å². The number of ether oxygens (including phenoxy) is 2. The van der Waals surface area contributed by atoms with E-state index in [-0.39, 0.29) is 6.04 Å². The van der Waals surface area contributed by atoms with Gasteiger partial charge in [-0.1, -0.05) is 31.4 Å². The first-order chi connectivity index (χ1) is 11.1. The first-order valence-corrected chi connectivity index (χ1v) is 8.01. The normalized spacial score (nSPS) is 16.3. The average Bonchev–Trinajstić information content (AvgIpc) is 2.56. The molecule has 6 heteroatoms. The maximum atomic E-state index is 12.1. The Morgan fingerprint density at radius 2 is 1.78 bits per heavy atom. The number of amides is 3. The second kappa shape index (κ2) is 8.41. The van der Waals surface area contributed by atoms with E-state index >= 15 is 0 Å². The number of rotatable bonds is 5. The third kappa shape index (κ3) is 5.16. The molecule has 2 N–H and O–H groups in total. The van der Waals surface area contributed by atoms with E-state index < -0.39 is 18.0 Å². The molecule has 1 fully saturated rings. The summed E-state index contributed by atoms with van der Waals surface area (Å²) in [6, 6.07) is 6.76. The van der Waals surface area contributed by atoms with Crippen LogP contribution < -0.4 is 20.1 Å². The van der Waals surface area contributed by atoms with Crippen LogP contribution in [0.4, 0.5) is 4.79 Å². The fourth-order valence-corrected chi connectivity index (χ4v) is 2.64. The quantitative estimate of drug-likeness (QED) is 0.874. The summed E-state index contributed by atoms with van der Waals surface area (Å²) in [7, 11) is 1.53. The Hall–Kier alpha value is -2.24. The monoisotopic (exact) mass is 320 g/mol. The van der Waals surface area contributed by atoms with Gasteiger partial charge in [0.2, 0.25) is 0 Å². The molecule has 0 unspecified atom stereocenters. The van der Waals surface area contributed by atoms with Gasteiger partial charge in [-0.3, -0.25) is 10.1 Å². The van der Waals surface area contributed by atoms with E-state index in [9.17, 15) is 9.59 Å². The first kappa shape index (κ1) is 17.1. The van der Waals surface area contributed by atoms with Crippen molar-refractivity contribution in [2.45, 2.75) is 51.2 Å². The van der Waals surface area contributed by atoms with E-state index in [1.807, 2.05) is 6.07 Å². The number of methoxy groups -OCH3 is 1. The molecule has 1 aliphatic rings. The molecule has 0 bridgehead atoms. The molecule has 1 aliphatic carbocycles. The third-order valence-corrected chi connectivity index (χ3v) is 3.92. The molecule has 6 nitrogen and oxygen atoms in total. The van der Waals surface area contributed by atoms with Crippen molar-refractivity contribution in [3.8, 4) is 11.5 Å².